The number of halogens is 1. The zero-order chi connectivity index (χ0) is 18.1. The molecule has 1 aliphatic heterocycles. The summed E-state index contributed by atoms with van der Waals surface area (Å²) in [6.07, 6.45) is 3.89. The van der Waals surface area contributed by atoms with Crippen LogP contribution in [0.15, 0.2) is 24.3 Å². The smallest absolute Gasteiger partial charge is 0.211 e. The molecule has 5 nitrogen and oxygen atoms in total. The molecule has 1 aromatic carbocycles. The molecule has 1 saturated carbocycles. The van der Waals surface area contributed by atoms with E-state index in [1.54, 1.807) is 12.1 Å². The highest BCUT2D eigenvalue weighted by atomic mass is 32.2. The van der Waals surface area contributed by atoms with E-state index in [2.05, 4.69) is 4.72 Å². The van der Waals surface area contributed by atoms with Gasteiger partial charge in [0.25, 0.3) is 0 Å². The quantitative estimate of drug-likeness (QED) is 0.807. The van der Waals surface area contributed by atoms with Crippen molar-refractivity contribution in [2.45, 2.75) is 37.5 Å². The molecule has 0 amide bonds. The topological polar surface area (TPSA) is 80.3 Å². The monoisotopic (exact) mass is 389 g/mol. The van der Waals surface area contributed by atoms with Crippen LogP contribution >= 0.6 is 0 Å². The maximum atomic E-state index is 13.1. The molecule has 8 heteroatoms. The Balaban J connectivity index is 1.63. The van der Waals surface area contributed by atoms with Crippen LogP contribution in [0.3, 0.4) is 0 Å². The lowest BCUT2D eigenvalue weighted by Gasteiger charge is -2.42. The molecule has 1 atom stereocenters. The lowest BCUT2D eigenvalue weighted by atomic mass is 9.64. The molecule has 0 bridgehead atoms. The number of nitrogens with one attached hydrogen (secondary N) is 1. The van der Waals surface area contributed by atoms with Crippen LogP contribution in [0.4, 0.5) is 4.39 Å². The van der Waals surface area contributed by atoms with Gasteiger partial charge < -0.3 is 0 Å². The van der Waals surface area contributed by atoms with Crippen LogP contribution in [0, 0.1) is 11.7 Å². The predicted molar refractivity (Wildman–Crippen MR) is 95.1 cm³/mol. The lowest BCUT2D eigenvalue weighted by molar-refractivity contribution is 0.245. The summed E-state index contributed by atoms with van der Waals surface area (Å²) in [5.41, 5.74) is 0.669. The summed E-state index contributed by atoms with van der Waals surface area (Å²) in [5.74, 6) is -0.676. The molecule has 2 fully saturated rings. The minimum atomic E-state index is -3.55. The third kappa shape index (κ3) is 4.60. The summed E-state index contributed by atoms with van der Waals surface area (Å²) < 4.78 is 64.0. The second-order valence-electron chi connectivity index (χ2n) is 7.37. The molecule has 2 aliphatic rings. The number of rotatable bonds is 6. The predicted octanol–water partition coefficient (Wildman–Crippen LogP) is 1.99. The van der Waals surface area contributed by atoms with Gasteiger partial charge in [-0.1, -0.05) is 18.6 Å². The van der Waals surface area contributed by atoms with Crippen molar-refractivity contribution in [1.29, 1.82) is 0 Å². The Hall–Kier alpha value is -0.990. The standard InChI is InChI=1S/C17H24FNO4S2/c18-16-6-4-15(5-7-16)17(8-2-9-17)13-19-25(22,23)12-14-3-1-10-24(20,21)11-14/h4-7,14,19H,1-3,8-13H2. The first-order valence-electron chi connectivity index (χ1n) is 8.64. The van der Waals surface area contributed by atoms with Crippen molar-refractivity contribution in [2.75, 3.05) is 23.8 Å². The maximum Gasteiger partial charge on any atom is 0.211 e. The van der Waals surface area contributed by atoms with E-state index in [-0.39, 0.29) is 41.0 Å². The highest BCUT2D eigenvalue weighted by Gasteiger charge is 2.39. The zero-order valence-electron chi connectivity index (χ0n) is 14.1. The Morgan fingerprint density at radius 3 is 2.40 bits per heavy atom. The number of hydrogen-bond donors (Lipinski definition) is 1. The van der Waals surface area contributed by atoms with E-state index in [0.29, 0.717) is 12.8 Å². The fraction of sp³-hybridized carbons (Fsp3) is 0.647. The highest BCUT2D eigenvalue weighted by molar-refractivity contribution is 7.91. The van der Waals surface area contributed by atoms with E-state index in [1.807, 2.05) is 0 Å². The summed E-state index contributed by atoms with van der Waals surface area (Å²) in [6, 6.07) is 6.24. The Labute approximate surface area is 149 Å². The van der Waals surface area contributed by atoms with Crippen LogP contribution in [0.5, 0.6) is 0 Å². The van der Waals surface area contributed by atoms with Crippen molar-refractivity contribution in [3.63, 3.8) is 0 Å². The molecule has 1 aromatic rings. The van der Waals surface area contributed by atoms with Crippen molar-refractivity contribution in [3.05, 3.63) is 35.6 Å². The molecule has 140 valence electrons. The van der Waals surface area contributed by atoms with E-state index >= 15 is 0 Å². The van der Waals surface area contributed by atoms with Crippen LogP contribution in [0.1, 0.15) is 37.7 Å². The van der Waals surface area contributed by atoms with Crippen LogP contribution in [0.2, 0.25) is 0 Å². The van der Waals surface area contributed by atoms with Crippen LogP contribution in [0.25, 0.3) is 0 Å². The average molecular weight is 390 g/mol. The van der Waals surface area contributed by atoms with Crippen LogP contribution in [-0.4, -0.2) is 40.6 Å². The molecule has 0 aromatic heterocycles. The molecule has 1 N–H and O–H groups in total. The third-order valence-electron chi connectivity index (χ3n) is 5.41. The third-order valence-corrected chi connectivity index (χ3v) is 8.79. The van der Waals surface area contributed by atoms with E-state index in [0.717, 1.165) is 24.8 Å². The first kappa shape index (κ1) is 18.8. The Bertz CT molecular complexity index is 815. The van der Waals surface area contributed by atoms with Gasteiger partial charge in [-0.25, -0.2) is 25.9 Å². The van der Waals surface area contributed by atoms with Crippen molar-refractivity contribution >= 4 is 19.9 Å². The van der Waals surface area contributed by atoms with Gasteiger partial charge in [0.2, 0.25) is 10.0 Å². The van der Waals surface area contributed by atoms with Gasteiger partial charge in [-0.2, -0.15) is 0 Å². The Morgan fingerprint density at radius 1 is 1.16 bits per heavy atom. The molecular formula is C17H24FNO4S2. The van der Waals surface area contributed by atoms with Gasteiger partial charge in [0.05, 0.1) is 17.3 Å². The number of hydrogen-bond acceptors (Lipinski definition) is 4. The molecular weight excluding hydrogens is 365 g/mol. The molecule has 0 radical (unpaired) electrons. The fourth-order valence-corrected chi connectivity index (χ4v) is 7.29. The fourth-order valence-electron chi connectivity index (χ4n) is 3.84. The average Bonchev–Trinajstić information content (AvgIpc) is 2.46. The summed E-state index contributed by atoms with van der Waals surface area (Å²) in [6.45, 7) is 0.278. The minimum Gasteiger partial charge on any atom is -0.229 e. The van der Waals surface area contributed by atoms with E-state index < -0.39 is 19.9 Å². The molecule has 1 saturated heterocycles. The zero-order valence-corrected chi connectivity index (χ0v) is 15.7. The van der Waals surface area contributed by atoms with Gasteiger partial charge >= 0.3 is 0 Å². The molecule has 25 heavy (non-hydrogen) atoms. The number of sulfonamides is 1. The van der Waals surface area contributed by atoms with E-state index in [4.69, 9.17) is 0 Å². The molecule has 1 aliphatic carbocycles. The van der Waals surface area contributed by atoms with E-state index in [9.17, 15) is 21.2 Å². The van der Waals surface area contributed by atoms with Crippen molar-refractivity contribution < 1.29 is 21.2 Å². The van der Waals surface area contributed by atoms with Crippen molar-refractivity contribution in [1.82, 2.24) is 4.72 Å². The van der Waals surface area contributed by atoms with Gasteiger partial charge in [-0.05, 0) is 49.3 Å². The summed E-state index contributed by atoms with van der Waals surface area (Å²) >= 11 is 0. The lowest BCUT2D eigenvalue weighted by Crippen LogP contribution is -2.47. The summed E-state index contributed by atoms with van der Waals surface area (Å²) in [7, 11) is -6.66. The van der Waals surface area contributed by atoms with Crippen molar-refractivity contribution in [3.8, 4) is 0 Å². The Kier molecular flexibility index (Phi) is 5.23. The normalized spacial score (nSPS) is 25.2. The summed E-state index contributed by atoms with van der Waals surface area (Å²) in [5, 5.41) is 0. The van der Waals surface area contributed by atoms with Gasteiger partial charge in [-0.3, -0.25) is 0 Å². The molecule has 0 spiro atoms. The van der Waals surface area contributed by atoms with Crippen LogP contribution < -0.4 is 4.72 Å². The van der Waals surface area contributed by atoms with E-state index in [1.165, 1.54) is 12.1 Å². The first-order valence-corrected chi connectivity index (χ1v) is 12.1. The van der Waals surface area contributed by atoms with Crippen molar-refractivity contribution in [2.24, 2.45) is 5.92 Å². The molecule has 1 unspecified atom stereocenters. The second kappa shape index (κ2) is 6.96. The molecule has 1 heterocycles. The first-order chi connectivity index (χ1) is 11.7. The second-order valence-corrected chi connectivity index (χ2v) is 11.4. The van der Waals surface area contributed by atoms with Gasteiger partial charge in [0, 0.05) is 12.0 Å². The Morgan fingerprint density at radius 2 is 1.84 bits per heavy atom. The SMILES string of the molecule is O=S1(=O)CCCC(CS(=O)(=O)NCC2(c3ccc(F)cc3)CCC2)C1. The number of benzene rings is 1. The molecule has 3 rings (SSSR count). The summed E-state index contributed by atoms with van der Waals surface area (Å²) in [4.78, 5) is 0. The maximum absolute atomic E-state index is 13.1. The van der Waals surface area contributed by atoms with Crippen LogP contribution in [-0.2, 0) is 25.3 Å². The largest absolute Gasteiger partial charge is 0.229 e. The minimum absolute atomic E-state index is 0.0446. The van der Waals surface area contributed by atoms with Gasteiger partial charge in [-0.15, -0.1) is 0 Å². The van der Waals surface area contributed by atoms with Gasteiger partial charge in [0.15, 0.2) is 9.84 Å². The number of sulfone groups is 1. The highest BCUT2D eigenvalue weighted by Crippen LogP contribution is 2.43. The van der Waals surface area contributed by atoms with Gasteiger partial charge in [0.1, 0.15) is 5.82 Å².